The maximum Gasteiger partial charge on any atom is 0.311 e. The lowest BCUT2D eigenvalue weighted by Gasteiger charge is -2.43. The molecule has 0 saturated carbocycles. The normalized spacial score (nSPS) is 25.3. The Morgan fingerprint density at radius 2 is 1.00 bits per heavy atom. The summed E-state index contributed by atoms with van der Waals surface area (Å²) < 4.78 is 40.5. The van der Waals surface area contributed by atoms with Crippen LogP contribution in [0, 0.1) is 5.41 Å². The van der Waals surface area contributed by atoms with Crippen LogP contribution in [0.15, 0.2) is 97.1 Å². The highest BCUT2D eigenvalue weighted by molar-refractivity contribution is 6.32. The van der Waals surface area contributed by atoms with E-state index in [-0.39, 0.29) is 75.1 Å². The van der Waals surface area contributed by atoms with Crippen molar-refractivity contribution in [2.24, 2.45) is 5.41 Å². The molecule has 6 aliphatic rings. The Morgan fingerprint density at radius 3 is 1.44 bits per heavy atom. The molecule has 2 heterocycles. The number of rotatable bonds is 21. The Hall–Kier alpha value is -9.16. The number of Topliss-reactive ketones (excluding diaryl/α,β-unsaturated/α-hetero) is 2. The summed E-state index contributed by atoms with van der Waals surface area (Å²) in [6.45, 7) is 8.73. The van der Waals surface area contributed by atoms with Crippen molar-refractivity contribution in [2.75, 3.05) is 20.3 Å². The zero-order valence-electron chi connectivity index (χ0n) is 58.6. The number of esters is 2. The van der Waals surface area contributed by atoms with Gasteiger partial charge in [-0.3, -0.25) is 38.4 Å². The molecule has 552 valence electrons. The first-order valence-corrected chi connectivity index (χ1v) is 34.6. The molecule has 2 fully saturated rings. The van der Waals surface area contributed by atoms with E-state index in [4.69, 9.17) is 33.2 Å². The van der Waals surface area contributed by atoms with Gasteiger partial charge >= 0.3 is 11.9 Å². The molecule has 0 spiro atoms. The van der Waals surface area contributed by atoms with Crippen molar-refractivity contribution in [1.82, 2.24) is 10.6 Å². The summed E-state index contributed by atoms with van der Waals surface area (Å²) in [6.07, 6.45) is -8.95. The second kappa shape index (κ2) is 30.9. The number of aromatic hydroxyl groups is 4. The summed E-state index contributed by atoms with van der Waals surface area (Å²) in [4.78, 5) is 108. The van der Waals surface area contributed by atoms with Crippen LogP contribution in [0.5, 0.6) is 28.7 Å². The molecule has 2 saturated heterocycles. The summed E-state index contributed by atoms with van der Waals surface area (Å²) in [6, 6.07) is 26.7. The maximum absolute atomic E-state index is 14.0. The number of nitrogens with one attached hydrogen (secondary N) is 2. The fourth-order valence-electron chi connectivity index (χ4n) is 14.5. The molecule has 0 aromatic heterocycles. The average molecular weight is 1440 g/mol. The molecule has 26 heteroatoms. The molecular weight excluding hydrogens is 1350 g/mol. The minimum atomic E-state index is -2.32. The van der Waals surface area contributed by atoms with Gasteiger partial charge in [-0.25, -0.2) is 0 Å². The van der Waals surface area contributed by atoms with Crippen LogP contribution in [0.4, 0.5) is 0 Å². The predicted molar refractivity (Wildman–Crippen MR) is 368 cm³/mol. The summed E-state index contributed by atoms with van der Waals surface area (Å²) in [7, 11) is 1.33. The zero-order valence-corrected chi connectivity index (χ0v) is 58.6. The number of ether oxygens (including phenoxy) is 7. The fraction of sp³-hybridized carbons (Fsp3) is 0.436. The van der Waals surface area contributed by atoms with E-state index < -0.39 is 215 Å². The second-order valence-corrected chi connectivity index (χ2v) is 28.3. The van der Waals surface area contributed by atoms with Crippen molar-refractivity contribution < 1.29 is 117 Å². The van der Waals surface area contributed by atoms with Gasteiger partial charge in [-0.15, -0.1) is 0 Å². The van der Waals surface area contributed by atoms with Crippen LogP contribution >= 0.6 is 0 Å². The highest BCUT2D eigenvalue weighted by atomic mass is 16.7. The Kier molecular flexibility index (Phi) is 22.6. The van der Waals surface area contributed by atoms with Gasteiger partial charge < -0.3 is 89.8 Å². The monoisotopic (exact) mass is 1430 g/mol. The smallest absolute Gasteiger partial charge is 0.311 e. The van der Waals surface area contributed by atoms with E-state index in [9.17, 15) is 84.3 Å². The molecule has 0 radical (unpaired) electrons. The number of aliphatic hydroxyl groups is 5. The molecule has 6 aromatic rings. The van der Waals surface area contributed by atoms with Crippen molar-refractivity contribution >= 4 is 46.6 Å². The number of fused-ring (bicyclic) bond motifs is 6. The third kappa shape index (κ3) is 15.0. The van der Waals surface area contributed by atoms with Crippen molar-refractivity contribution in [1.29, 1.82) is 0 Å². The van der Waals surface area contributed by atoms with Crippen molar-refractivity contribution in [3.63, 3.8) is 0 Å². The van der Waals surface area contributed by atoms with Crippen molar-refractivity contribution in [3.8, 4) is 28.7 Å². The van der Waals surface area contributed by atoms with Crippen molar-refractivity contribution in [3.05, 3.63) is 181 Å². The first kappa shape index (κ1) is 76.0. The number of aliphatic hydroxyl groups excluding tert-OH is 3. The Morgan fingerprint density at radius 1 is 0.567 bits per heavy atom. The standard InChI is InChI=1S/2C39H43NO12/c1-19-32(42)23(40-17-20-10-7-6-8-11-20)14-27(51-19)52-25-16-39(48,26(41)18-50-37(47)38(2,3)4)15-22-29(25)36(46)31-30(34(22)44)33(43)21-12-9-13-24(49-5)28(21)35(31)45;1-3-4-13-28(43)50-19-27(42)39(49)15-24-31(38(48)33-32(36(24)46)35(45)23-12-8-11-22(18-41)30(23)37(33)47)26(16-39)52-29-14-25(34(44)20(2)51-29)40-17-21-9-6-5-7-10-21/h6-13,19,23,25,27,32,40,42,44,46,48H,14-18H2,1-5H3;5-12,20,25-26,29,34,40-41,44,46,48-49H,3-4,13-19H2,1-2H3/t19-,23+,25-,27-,32+,39-;20-,25+,26-,29-,34+,39-/m00/s1. The van der Waals surface area contributed by atoms with Gasteiger partial charge in [0.2, 0.25) is 17.3 Å². The quantitative estimate of drug-likeness (QED) is 0.0270. The van der Waals surface area contributed by atoms with Crippen LogP contribution in [0.3, 0.4) is 0 Å². The van der Waals surface area contributed by atoms with E-state index >= 15 is 0 Å². The molecule has 12 atom stereocenters. The molecule has 6 aromatic carbocycles. The van der Waals surface area contributed by atoms with E-state index in [2.05, 4.69) is 10.6 Å². The van der Waals surface area contributed by atoms with Crippen LogP contribution in [-0.4, -0.2) is 173 Å². The molecule has 0 amide bonds. The number of ketones is 6. The Balaban J connectivity index is 0.000000208. The number of phenolic OH excluding ortho intramolecular Hbond substituents is 4. The van der Waals surface area contributed by atoms with Crippen molar-refractivity contribution in [2.45, 2.75) is 192 Å². The van der Waals surface area contributed by atoms with Gasteiger partial charge in [0.1, 0.15) is 39.9 Å². The summed E-state index contributed by atoms with van der Waals surface area (Å²) in [5.41, 5.74) is -6.45. The average Bonchev–Trinajstić information content (AvgIpc) is 0.716. The molecule has 26 nitrogen and oxygen atoms in total. The van der Waals surface area contributed by atoms with Gasteiger partial charge in [-0.2, -0.15) is 0 Å². The SMILES string of the molecule is CCCCC(=O)OCC(=O)[C@]1(O)Cc2c(O)c3c(c(O)c2[C@@H](O[C@H]2C[C@@H](NCc4ccccc4)[C@H](O)[C@H](C)O2)C1)C(=O)c1c(CO)cccc1C3=O.COc1cccc2c1C(=O)c1c(O)c3c(c(O)c1C2=O)C[C@@](O)(C(=O)COC(=O)C(C)(C)C)C[C@@H]3O[C@H]1C[C@@H](NCc2ccccc2)[C@H](O)[C@H](C)O1. The Bertz CT molecular complexity index is 4340. The van der Waals surface area contributed by atoms with Crippen LogP contribution in [0.25, 0.3) is 0 Å². The number of phenols is 4. The molecule has 12 rings (SSSR count). The van der Waals surface area contributed by atoms with E-state index in [0.717, 1.165) is 17.5 Å². The van der Waals surface area contributed by atoms with Gasteiger partial charge in [0.15, 0.2) is 43.1 Å². The number of hydrogen-bond donors (Lipinski definition) is 11. The topological polar surface area (TPSA) is 407 Å². The fourth-order valence-corrected chi connectivity index (χ4v) is 14.5. The molecular formula is C78H86N2O24. The van der Waals surface area contributed by atoms with Gasteiger partial charge in [0, 0.05) is 109 Å². The third-order valence-electron chi connectivity index (χ3n) is 20.2. The lowest BCUT2D eigenvalue weighted by atomic mass is 9.71. The Labute approximate surface area is 598 Å². The molecule has 0 bridgehead atoms. The molecule has 11 N–H and O–H groups in total. The molecule has 2 aliphatic heterocycles. The number of methoxy groups -OCH3 is 1. The van der Waals surface area contributed by atoms with Crippen LogP contribution < -0.4 is 15.4 Å². The largest absolute Gasteiger partial charge is 0.507 e. The van der Waals surface area contributed by atoms with E-state index in [1.807, 2.05) is 67.6 Å². The number of carbonyl (C=O) groups excluding carboxylic acids is 8. The molecule has 4 aliphatic carbocycles. The number of unbranched alkanes of at least 4 members (excludes halogenated alkanes) is 1. The minimum Gasteiger partial charge on any atom is -0.507 e. The highest BCUT2D eigenvalue weighted by Gasteiger charge is 2.53. The third-order valence-corrected chi connectivity index (χ3v) is 20.2. The van der Waals surface area contributed by atoms with Crippen LogP contribution in [0.1, 0.15) is 201 Å². The van der Waals surface area contributed by atoms with Gasteiger partial charge in [0.05, 0.1) is 83.6 Å². The van der Waals surface area contributed by atoms with Gasteiger partial charge in [0.25, 0.3) is 0 Å². The summed E-state index contributed by atoms with van der Waals surface area (Å²) in [5, 5.41) is 110. The van der Waals surface area contributed by atoms with Gasteiger partial charge in [-0.05, 0) is 63.8 Å². The van der Waals surface area contributed by atoms with E-state index in [0.29, 0.717) is 19.5 Å². The van der Waals surface area contributed by atoms with Crippen LogP contribution in [-0.2, 0) is 80.1 Å². The lowest BCUT2D eigenvalue weighted by Crippen LogP contribution is -2.54. The number of carbonyl (C=O) groups is 8. The first-order chi connectivity index (χ1) is 49.4. The van der Waals surface area contributed by atoms with Gasteiger partial charge in [-0.1, -0.05) is 104 Å². The first-order valence-electron chi connectivity index (χ1n) is 34.6. The lowest BCUT2D eigenvalue weighted by molar-refractivity contribution is -0.250. The molecule has 104 heavy (non-hydrogen) atoms. The highest BCUT2D eigenvalue weighted by Crippen LogP contribution is 2.55. The van der Waals surface area contributed by atoms with E-state index in [1.54, 1.807) is 34.6 Å². The number of benzene rings is 6. The second-order valence-electron chi connectivity index (χ2n) is 28.3. The summed E-state index contributed by atoms with van der Waals surface area (Å²) in [5.74, 6) is -8.98. The zero-order chi connectivity index (χ0) is 75.0. The number of hydrogen-bond acceptors (Lipinski definition) is 26. The summed E-state index contributed by atoms with van der Waals surface area (Å²) >= 11 is 0. The van der Waals surface area contributed by atoms with Crippen LogP contribution in [0.2, 0.25) is 0 Å². The predicted octanol–water partition coefficient (Wildman–Crippen LogP) is 6.49. The van der Waals surface area contributed by atoms with E-state index in [1.165, 1.54) is 43.5 Å². The maximum atomic E-state index is 14.0. The minimum absolute atomic E-state index is 0.0623. The molecule has 0 unspecified atom stereocenters.